The predicted molar refractivity (Wildman–Crippen MR) is 79.1 cm³/mol. The summed E-state index contributed by atoms with van der Waals surface area (Å²) >= 11 is 13.6. The molecule has 1 aromatic heterocycles. The van der Waals surface area contributed by atoms with Crippen LogP contribution in [0.4, 0.5) is 0 Å². The fourth-order valence-corrected chi connectivity index (χ4v) is 3.15. The zero-order valence-corrected chi connectivity index (χ0v) is 12.4. The first-order valence-corrected chi connectivity index (χ1v) is 7.59. The SMILES string of the molecule is Clc1ccc(-c2csc(C3COCCN3)n2)cc1Cl. The molecule has 0 aliphatic carbocycles. The van der Waals surface area contributed by atoms with E-state index in [1.807, 2.05) is 17.5 Å². The number of rotatable bonds is 2. The minimum Gasteiger partial charge on any atom is -0.378 e. The van der Waals surface area contributed by atoms with Gasteiger partial charge in [-0.3, -0.25) is 0 Å². The Morgan fingerprint density at radius 2 is 2.21 bits per heavy atom. The van der Waals surface area contributed by atoms with E-state index in [1.54, 1.807) is 17.4 Å². The van der Waals surface area contributed by atoms with Crippen molar-refractivity contribution in [2.45, 2.75) is 6.04 Å². The van der Waals surface area contributed by atoms with Crippen LogP contribution in [0.5, 0.6) is 0 Å². The van der Waals surface area contributed by atoms with Gasteiger partial charge >= 0.3 is 0 Å². The number of nitrogens with one attached hydrogen (secondary N) is 1. The number of halogens is 2. The van der Waals surface area contributed by atoms with Crippen molar-refractivity contribution in [3.63, 3.8) is 0 Å². The van der Waals surface area contributed by atoms with E-state index in [4.69, 9.17) is 27.9 Å². The van der Waals surface area contributed by atoms with Gasteiger partial charge in [0.1, 0.15) is 5.01 Å². The molecule has 0 amide bonds. The van der Waals surface area contributed by atoms with Crippen LogP contribution >= 0.6 is 34.5 Å². The largest absolute Gasteiger partial charge is 0.378 e. The standard InChI is InChI=1S/C13H12Cl2N2OS/c14-9-2-1-8(5-10(9)15)12-7-19-13(17-12)11-6-18-4-3-16-11/h1-2,5,7,11,16H,3-4,6H2. The molecule has 1 aliphatic heterocycles. The van der Waals surface area contributed by atoms with Gasteiger partial charge in [0, 0.05) is 17.5 Å². The topological polar surface area (TPSA) is 34.1 Å². The van der Waals surface area contributed by atoms with Crippen molar-refractivity contribution in [2.24, 2.45) is 0 Å². The molecule has 2 aromatic rings. The first-order chi connectivity index (χ1) is 9.24. The highest BCUT2D eigenvalue weighted by Crippen LogP contribution is 2.30. The lowest BCUT2D eigenvalue weighted by molar-refractivity contribution is 0.0768. The third-order valence-electron chi connectivity index (χ3n) is 2.96. The van der Waals surface area contributed by atoms with E-state index >= 15 is 0 Å². The summed E-state index contributed by atoms with van der Waals surface area (Å²) in [5, 5.41) is 7.58. The number of morpholine rings is 1. The van der Waals surface area contributed by atoms with Gasteiger partial charge in [-0.2, -0.15) is 0 Å². The highest BCUT2D eigenvalue weighted by Gasteiger charge is 2.19. The second kappa shape index (κ2) is 5.77. The van der Waals surface area contributed by atoms with Crippen LogP contribution in [0.3, 0.4) is 0 Å². The van der Waals surface area contributed by atoms with Gasteiger partial charge in [0.05, 0.1) is 35.0 Å². The molecular weight excluding hydrogens is 303 g/mol. The third kappa shape index (κ3) is 2.93. The van der Waals surface area contributed by atoms with Gasteiger partial charge in [0.15, 0.2) is 0 Å². The van der Waals surface area contributed by atoms with Crippen molar-refractivity contribution < 1.29 is 4.74 Å². The number of aromatic nitrogens is 1. The molecule has 3 nitrogen and oxygen atoms in total. The molecular formula is C13H12Cl2N2OS. The van der Waals surface area contributed by atoms with Crippen LogP contribution < -0.4 is 5.32 Å². The van der Waals surface area contributed by atoms with E-state index in [1.165, 1.54) is 0 Å². The molecule has 0 radical (unpaired) electrons. The van der Waals surface area contributed by atoms with Crippen LogP contribution in [0, 0.1) is 0 Å². The monoisotopic (exact) mass is 314 g/mol. The average Bonchev–Trinajstić information content (AvgIpc) is 2.93. The van der Waals surface area contributed by atoms with E-state index in [-0.39, 0.29) is 6.04 Å². The Morgan fingerprint density at radius 1 is 1.32 bits per heavy atom. The molecule has 6 heteroatoms. The van der Waals surface area contributed by atoms with Gasteiger partial charge < -0.3 is 10.1 Å². The molecule has 1 fully saturated rings. The minimum atomic E-state index is 0.190. The van der Waals surface area contributed by atoms with Crippen molar-refractivity contribution in [2.75, 3.05) is 19.8 Å². The smallest absolute Gasteiger partial charge is 0.113 e. The van der Waals surface area contributed by atoms with Crippen molar-refractivity contribution in [3.8, 4) is 11.3 Å². The van der Waals surface area contributed by atoms with Crippen molar-refractivity contribution in [1.29, 1.82) is 0 Å². The summed E-state index contributed by atoms with van der Waals surface area (Å²) in [7, 11) is 0. The number of thiazole rings is 1. The molecule has 1 unspecified atom stereocenters. The van der Waals surface area contributed by atoms with Gasteiger partial charge in [-0.15, -0.1) is 11.3 Å². The second-order valence-corrected chi connectivity index (χ2v) is 5.99. The highest BCUT2D eigenvalue weighted by molar-refractivity contribution is 7.10. The maximum Gasteiger partial charge on any atom is 0.113 e. The van der Waals surface area contributed by atoms with Crippen molar-refractivity contribution in [3.05, 3.63) is 38.6 Å². The molecule has 1 saturated heterocycles. The fourth-order valence-electron chi connectivity index (χ4n) is 1.96. The fraction of sp³-hybridized carbons (Fsp3) is 0.308. The number of hydrogen-bond acceptors (Lipinski definition) is 4. The van der Waals surface area contributed by atoms with E-state index in [2.05, 4.69) is 10.3 Å². The third-order valence-corrected chi connectivity index (χ3v) is 4.65. The maximum absolute atomic E-state index is 6.03. The van der Waals surface area contributed by atoms with Crippen LogP contribution in [0.1, 0.15) is 11.0 Å². The van der Waals surface area contributed by atoms with Crippen LogP contribution in [-0.4, -0.2) is 24.7 Å². The molecule has 1 aliphatic rings. The van der Waals surface area contributed by atoms with Crippen molar-refractivity contribution in [1.82, 2.24) is 10.3 Å². The van der Waals surface area contributed by atoms with Gasteiger partial charge in [0.2, 0.25) is 0 Å². The lowest BCUT2D eigenvalue weighted by Crippen LogP contribution is -2.34. The normalized spacial score (nSPS) is 19.6. The zero-order valence-electron chi connectivity index (χ0n) is 10.0. The van der Waals surface area contributed by atoms with E-state index in [0.717, 1.165) is 29.4 Å². The maximum atomic E-state index is 6.03. The highest BCUT2D eigenvalue weighted by atomic mass is 35.5. The summed E-state index contributed by atoms with van der Waals surface area (Å²) in [5.41, 5.74) is 1.90. The molecule has 2 heterocycles. The lowest BCUT2D eigenvalue weighted by atomic mass is 10.2. The summed E-state index contributed by atoms with van der Waals surface area (Å²) in [6, 6.07) is 5.75. The van der Waals surface area contributed by atoms with Gasteiger partial charge in [-0.1, -0.05) is 29.3 Å². The molecule has 1 N–H and O–H groups in total. The van der Waals surface area contributed by atoms with Crippen LogP contribution in [0.15, 0.2) is 23.6 Å². The Hall–Kier alpha value is -0.650. The molecule has 0 bridgehead atoms. The number of benzene rings is 1. The Morgan fingerprint density at radius 3 is 2.95 bits per heavy atom. The summed E-state index contributed by atoms with van der Waals surface area (Å²) in [6.07, 6.45) is 0. The quantitative estimate of drug-likeness (QED) is 0.916. The summed E-state index contributed by atoms with van der Waals surface area (Å²) < 4.78 is 5.45. The minimum absolute atomic E-state index is 0.190. The zero-order chi connectivity index (χ0) is 13.2. The number of nitrogens with zero attached hydrogens (tertiary/aromatic N) is 1. The summed E-state index contributed by atoms with van der Waals surface area (Å²) in [5.74, 6) is 0. The molecule has 1 atom stereocenters. The van der Waals surface area contributed by atoms with Crippen LogP contribution in [-0.2, 0) is 4.74 Å². The second-order valence-electron chi connectivity index (χ2n) is 4.28. The van der Waals surface area contributed by atoms with Gasteiger partial charge in [-0.25, -0.2) is 4.98 Å². The number of ether oxygens (including phenoxy) is 1. The van der Waals surface area contributed by atoms with E-state index in [9.17, 15) is 0 Å². The van der Waals surface area contributed by atoms with Gasteiger partial charge in [-0.05, 0) is 12.1 Å². The molecule has 19 heavy (non-hydrogen) atoms. The van der Waals surface area contributed by atoms with Crippen LogP contribution in [0.25, 0.3) is 11.3 Å². The average molecular weight is 315 g/mol. The first-order valence-electron chi connectivity index (χ1n) is 5.96. The predicted octanol–water partition coefficient (Wildman–Crippen LogP) is 3.78. The van der Waals surface area contributed by atoms with E-state index < -0.39 is 0 Å². The molecule has 1 aromatic carbocycles. The Kier molecular flexibility index (Phi) is 4.05. The lowest BCUT2D eigenvalue weighted by Gasteiger charge is -2.21. The molecule has 0 spiro atoms. The molecule has 100 valence electrons. The van der Waals surface area contributed by atoms with E-state index in [0.29, 0.717) is 16.7 Å². The van der Waals surface area contributed by atoms with Crippen molar-refractivity contribution >= 4 is 34.5 Å². The summed E-state index contributed by atoms with van der Waals surface area (Å²) in [6.45, 7) is 2.31. The molecule has 3 rings (SSSR count). The molecule has 0 saturated carbocycles. The number of hydrogen-bond donors (Lipinski definition) is 1. The van der Waals surface area contributed by atoms with Gasteiger partial charge in [0.25, 0.3) is 0 Å². The Balaban J connectivity index is 1.85. The summed E-state index contributed by atoms with van der Waals surface area (Å²) in [4.78, 5) is 4.65. The van der Waals surface area contributed by atoms with Crippen LogP contribution in [0.2, 0.25) is 10.0 Å². The first kappa shape index (κ1) is 13.3. The Bertz CT molecular complexity index is 582. The Labute approximate surface area is 125 Å².